The predicted molar refractivity (Wildman–Crippen MR) is 39.8 cm³/mol. The van der Waals surface area contributed by atoms with Crippen LogP contribution in [0.25, 0.3) is 0 Å². The van der Waals surface area contributed by atoms with Crippen molar-refractivity contribution in [2.75, 3.05) is 7.05 Å². The predicted octanol–water partition coefficient (Wildman–Crippen LogP) is 1.30. The lowest BCUT2D eigenvalue weighted by molar-refractivity contribution is -0.275. The number of hydrogen-bond donors (Lipinski definition) is 2. The van der Waals surface area contributed by atoms with Crippen molar-refractivity contribution in [3.05, 3.63) is 0 Å². The molecule has 0 aliphatic heterocycles. The third-order valence-electron chi connectivity index (χ3n) is 2.39. The van der Waals surface area contributed by atoms with Crippen molar-refractivity contribution in [2.45, 2.75) is 38.1 Å². The van der Waals surface area contributed by atoms with Crippen LogP contribution in [0.4, 0.5) is 13.2 Å². The summed E-state index contributed by atoms with van der Waals surface area (Å²) in [7, 11) is 1.38. The van der Waals surface area contributed by atoms with E-state index in [0.717, 1.165) is 6.92 Å². The highest BCUT2D eigenvalue weighted by atomic mass is 19.4. The van der Waals surface area contributed by atoms with Crippen LogP contribution < -0.4 is 5.32 Å². The molecule has 0 aromatic heterocycles. The average Bonchev–Trinajstić information content (AvgIpc) is 1.85. The van der Waals surface area contributed by atoms with Crippen LogP contribution in [-0.2, 0) is 0 Å². The monoisotopic (exact) mass is 185 g/mol. The molecule has 0 heterocycles. The van der Waals surface area contributed by atoms with Gasteiger partial charge < -0.3 is 10.4 Å². The van der Waals surface area contributed by atoms with E-state index >= 15 is 0 Å². The standard InChI is InChI=1S/C7H14F3NO/c1-5(2,11-4)6(3,12)7(8,9)10/h11-12H,1-4H3. The molecule has 1 atom stereocenters. The lowest BCUT2D eigenvalue weighted by atomic mass is 9.84. The molecule has 0 spiro atoms. The smallest absolute Gasteiger partial charge is 0.379 e. The molecular weight excluding hydrogens is 171 g/mol. The van der Waals surface area contributed by atoms with E-state index in [1.807, 2.05) is 0 Å². The van der Waals surface area contributed by atoms with Gasteiger partial charge >= 0.3 is 6.18 Å². The van der Waals surface area contributed by atoms with Crippen LogP contribution in [-0.4, -0.2) is 29.5 Å². The van der Waals surface area contributed by atoms with E-state index < -0.39 is 17.3 Å². The Hall–Kier alpha value is -0.290. The normalized spacial score (nSPS) is 19.0. The van der Waals surface area contributed by atoms with Gasteiger partial charge in [-0.25, -0.2) is 0 Å². The molecule has 0 amide bonds. The molecule has 0 fully saturated rings. The lowest BCUT2D eigenvalue weighted by Gasteiger charge is -2.40. The fourth-order valence-corrected chi connectivity index (χ4v) is 0.598. The average molecular weight is 185 g/mol. The fraction of sp³-hybridized carbons (Fsp3) is 1.00. The fourth-order valence-electron chi connectivity index (χ4n) is 0.598. The summed E-state index contributed by atoms with van der Waals surface area (Å²) in [4.78, 5) is 0. The summed E-state index contributed by atoms with van der Waals surface area (Å²) in [5, 5.41) is 11.6. The van der Waals surface area contributed by atoms with Crippen molar-refractivity contribution in [1.29, 1.82) is 0 Å². The van der Waals surface area contributed by atoms with E-state index in [0.29, 0.717) is 0 Å². The summed E-state index contributed by atoms with van der Waals surface area (Å²) in [5.74, 6) is 0. The Morgan fingerprint density at radius 2 is 1.42 bits per heavy atom. The maximum Gasteiger partial charge on any atom is 0.418 e. The highest BCUT2D eigenvalue weighted by Gasteiger charge is 2.58. The minimum atomic E-state index is -4.63. The maximum atomic E-state index is 12.2. The second kappa shape index (κ2) is 2.88. The molecule has 2 nitrogen and oxygen atoms in total. The van der Waals surface area contributed by atoms with Gasteiger partial charge in [-0.05, 0) is 27.8 Å². The van der Waals surface area contributed by atoms with Crippen LogP contribution in [0.1, 0.15) is 20.8 Å². The zero-order valence-corrected chi connectivity index (χ0v) is 7.58. The van der Waals surface area contributed by atoms with Crippen molar-refractivity contribution >= 4 is 0 Å². The molecule has 0 radical (unpaired) electrons. The third-order valence-corrected chi connectivity index (χ3v) is 2.39. The number of halogens is 3. The van der Waals surface area contributed by atoms with Crippen molar-refractivity contribution in [3.63, 3.8) is 0 Å². The van der Waals surface area contributed by atoms with Crippen LogP contribution in [0.2, 0.25) is 0 Å². The Labute approximate surface area is 69.8 Å². The van der Waals surface area contributed by atoms with Gasteiger partial charge in [0.1, 0.15) is 0 Å². The number of rotatable bonds is 2. The molecule has 0 aromatic carbocycles. The molecule has 0 rings (SSSR count). The summed E-state index contributed by atoms with van der Waals surface area (Å²) >= 11 is 0. The van der Waals surface area contributed by atoms with Crippen molar-refractivity contribution in [3.8, 4) is 0 Å². The second-order valence-electron chi connectivity index (χ2n) is 3.44. The van der Waals surface area contributed by atoms with Crippen molar-refractivity contribution in [1.82, 2.24) is 5.32 Å². The zero-order chi connectivity index (χ0) is 10.2. The number of likely N-dealkylation sites (N-methyl/N-ethyl adjacent to an activating group) is 1. The summed E-state index contributed by atoms with van der Waals surface area (Å²) < 4.78 is 36.7. The van der Waals surface area contributed by atoms with E-state index in [-0.39, 0.29) is 0 Å². The van der Waals surface area contributed by atoms with Crippen molar-refractivity contribution in [2.24, 2.45) is 0 Å². The quantitative estimate of drug-likeness (QED) is 0.679. The molecule has 0 aromatic rings. The van der Waals surface area contributed by atoms with Gasteiger partial charge in [0.2, 0.25) is 0 Å². The molecule has 0 aliphatic rings. The van der Waals surface area contributed by atoms with Gasteiger partial charge in [-0.3, -0.25) is 0 Å². The molecule has 5 heteroatoms. The van der Waals surface area contributed by atoms with Crippen molar-refractivity contribution < 1.29 is 18.3 Å². The highest BCUT2D eigenvalue weighted by Crippen LogP contribution is 2.37. The van der Waals surface area contributed by atoms with Gasteiger partial charge in [-0.2, -0.15) is 13.2 Å². The lowest BCUT2D eigenvalue weighted by Crippen LogP contribution is -2.63. The van der Waals surface area contributed by atoms with Gasteiger partial charge in [0, 0.05) is 5.54 Å². The highest BCUT2D eigenvalue weighted by molar-refractivity contribution is 5.00. The number of alkyl halides is 3. The number of aliphatic hydroxyl groups is 1. The van der Waals surface area contributed by atoms with Crippen LogP contribution in [0.3, 0.4) is 0 Å². The minimum absolute atomic E-state index is 0.753. The summed E-state index contributed by atoms with van der Waals surface area (Å²) in [6.45, 7) is 3.34. The first-order valence-corrected chi connectivity index (χ1v) is 3.54. The summed E-state index contributed by atoms with van der Waals surface area (Å²) in [6, 6.07) is 0. The molecule has 0 aliphatic carbocycles. The third kappa shape index (κ3) is 1.72. The first kappa shape index (κ1) is 11.7. The Morgan fingerprint density at radius 3 is 1.50 bits per heavy atom. The molecule has 0 bridgehead atoms. The topological polar surface area (TPSA) is 32.3 Å². The van der Waals surface area contributed by atoms with Gasteiger partial charge in [0.15, 0.2) is 5.60 Å². The van der Waals surface area contributed by atoms with Gasteiger partial charge in [0.25, 0.3) is 0 Å². The summed E-state index contributed by atoms with van der Waals surface area (Å²) in [6.07, 6.45) is -4.63. The first-order valence-electron chi connectivity index (χ1n) is 3.54. The SMILES string of the molecule is CNC(C)(C)C(C)(O)C(F)(F)F. The Morgan fingerprint density at radius 1 is 1.08 bits per heavy atom. The molecule has 0 saturated heterocycles. The number of nitrogens with one attached hydrogen (secondary N) is 1. The largest absolute Gasteiger partial charge is 0.418 e. The molecular formula is C7H14F3NO. The van der Waals surface area contributed by atoms with Crippen LogP contribution in [0, 0.1) is 0 Å². The van der Waals surface area contributed by atoms with Gasteiger partial charge in [-0.15, -0.1) is 0 Å². The van der Waals surface area contributed by atoms with Crippen LogP contribution in [0.5, 0.6) is 0 Å². The van der Waals surface area contributed by atoms with Gasteiger partial charge in [0.05, 0.1) is 0 Å². The van der Waals surface area contributed by atoms with E-state index in [9.17, 15) is 18.3 Å². The van der Waals surface area contributed by atoms with Gasteiger partial charge in [-0.1, -0.05) is 0 Å². The number of hydrogen-bond acceptors (Lipinski definition) is 2. The maximum absolute atomic E-state index is 12.2. The molecule has 1 unspecified atom stereocenters. The Balaban J connectivity index is 4.85. The van der Waals surface area contributed by atoms with E-state index in [2.05, 4.69) is 5.32 Å². The molecule has 74 valence electrons. The molecule has 0 saturated carbocycles. The zero-order valence-electron chi connectivity index (χ0n) is 7.58. The van der Waals surface area contributed by atoms with Crippen LogP contribution in [0.15, 0.2) is 0 Å². The second-order valence-corrected chi connectivity index (χ2v) is 3.44. The molecule has 2 N–H and O–H groups in total. The van der Waals surface area contributed by atoms with Crippen LogP contribution >= 0.6 is 0 Å². The Bertz CT molecular complexity index is 163. The minimum Gasteiger partial charge on any atom is -0.379 e. The molecule has 12 heavy (non-hydrogen) atoms. The first-order chi connectivity index (χ1) is 5.06. The van der Waals surface area contributed by atoms with E-state index in [1.54, 1.807) is 0 Å². The summed E-state index contributed by atoms with van der Waals surface area (Å²) in [5.41, 5.74) is -4.12. The van der Waals surface area contributed by atoms with E-state index in [1.165, 1.54) is 20.9 Å². The van der Waals surface area contributed by atoms with E-state index in [4.69, 9.17) is 0 Å². The Kier molecular flexibility index (Phi) is 2.81.